The molecule has 0 atom stereocenters. The van der Waals surface area contributed by atoms with Crippen LogP contribution in [0, 0.1) is 0 Å². The normalized spacial score (nSPS) is 14.3. The third-order valence-electron chi connectivity index (χ3n) is 2.82. The molecule has 0 aliphatic heterocycles. The van der Waals surface area contributed by atoms with E-state index < -0.39 is 0 Å². The zero-order chi connectivity index (χ0) is 12.4. The van der Waals surface area contributed by atoms with Gasteiger partial charge in [-0.05, 0) is 25.0 Å². The molecule has 92 valence electrons. The van der Waals surface area contributed by atoms with Gasteiger partial charge in [0, 0.05) is 25.4 Å². The summed E-state index contributed by atoms with van der Waals surface area (Å²) in [5.74, 6) is 1.47. The first-order valence-electron chi connectivity index (χ1n) is 6.10. The second kappa shape index (κ2) is 4.60. The number of nitrogens with zero attached hydrogens (tertiary/aromatic N) is 3. The molecule has 1 saturated carbocycles. The molecular formula is C13H15N5. The summed E-state index contributed by atoms with van der Waals surface area (Å²) in [6, 6.07) is 8.24. The van der Waals surface area contributed by atoms with Gasteiger partial charge in [0.25, 0.3) is 0 Å². The molecule has 0 radical (unpaired) electrons. The van der Waals surface area contributed by atoms with Gasteiger partial charge in [0.1, 0.15) is 5.82 Å². The molecule has 0 saturated heterocycles. The highest BCUT2D eigenvalue weighted by Gasteiger charge is 2.22. The molecular weight excluding hydrogens is 226 g/mol. The van der Waals surface area contributed by atoms with Crippen molar-refractivity contribution in [2.24, 2.45) is 0 Å². The van der Waals surface area contributed by atoms with Crippen LogP contribution in [0.1, 0.15) is 12.8 Å². The van der Waals surface area contributed by atoms with E-state index in [4.69, 9.17) is 0 Å². The van der Waals surface area contributed by atoms with E-state index in [1.165, 1.54) is 12.8 Å². The summed E-state index contributed by atoms with van der Waals surface area (Å²) in [6.07, 6.45) is 4.17. The molecule has 2 N–H and O–H groups in total. The fourth-order valence-corrected chi connectivity index (χ4v) is 1.70. The molecule has 2 aromatic heterocycles. The summed E-state index contributed by atoms with van der Waals surface area (Å²) in [5, 5.41) is 6.36. The Bertz CT molecular complexity index is 536. The van der Waals surface area contributed by atoms with Crippen LogP contribution in [0.15, 0.2) is 30.5 Å². The van der Waals surface area contributed by atoms with Crippen LogP contribution in [0.5, 0.6) is 0 Å². The topological polar surface area (TPSA) is 62.7 Å². The number of hydrogen-bond acceptors (Lipinski definition) is 5. The summed E-state index contributed by atoms with van der Waals surface area (Å²) < 4.78 is 0. The lowest BCUT2D eigenvalue weighted by Crippen LogP contribution is -2.07. The summed E-state index contributed by atoms with van der Waals surface area (Å²) in [7, 11) is 1.85. The lowest BCUT2D eigenvalue weighted by Gasteiger charge is -2.08. The Morgan fingerprint density at radius 3 is 2.72 bits per heavy atom. The van der Waals surface area contributed by atoms with E-state index >= 15 is 0 Å². The molecule has 1 aliphatic carbocycles. The van der Waals surface area contributed by atoms with Crippen molar-refractivity contribution in [1.82, 2.24) is 15.0 Å². The molecule has 5 nitrogen and oxygen atoms in total. The van der Waals surface area contributed by atoms with E-state index in [9.17, 15) is 0 Å². The lowest BCUT2D eigenvalue weighted by molar-refractivity contribution is 1.05. The Kier molecular flexibility index (Phi) is 2.80. The van der Waals surface area contributed by atoms with Gasteiger partial charge in [-0.1, -0.05) is 6.07 Å². The van der Waals surface area contributed by atoms with Gasteiger partial charge in [-0.15, -0.1) is 0 Å². The molecule has 0 bridgehead atoms. The maximum atomic E-state index is 4.51. The first-order chi connectivity index (χ1) is 8.85. The lowest BCUT2D eigenvalue weighted by atomic mass is 10.2. The number of rotatable bonds is 4. The highest BCUT2D eigenvalue weighted by Crippen LogP contribution is 2.25. The van der Waals surface area contributed by atoms with Crippen molar-refractivity contribution >= 4 is 11.8 Å². The van der Waals surface area contributed by atoms with Crippen molar-refractivity contribution in [2.45, 2.75) is 18.9 Å². The zero-order valence-corrected chi connectivity index (χ0v) is 10.2. The molecule has 1 fully saturated rings. The number of anilines is 2. The average Bonchev–Trinajstić information content (AvgIpc) is 3.23. The molecule has 18 heavy (non-hydrogen) atoms. The predicted molar refractivity (Wildman–Crippen MR) is 71.5 cm³/mol. The predicted octanol–water partition coefficient (Wildman–Crippen LogP) is 2.15. The van der Waals surface area contributed by atoms with E-state index in [0.29, 0.717) is 12.0 Å². The maximum absolute atomic E-state index is 4.51. The molecule has 3 rings (SSSR count). The van der Waals surface area contributed by atoms with E-state index in [2.05, 4.69) is 25.6 Å². The van der Waals surface area contributed by atoms with E-state index in [0.717, 1.165) is 17.2 Å². The fraction of sp³-hybridized carbons (Fsp3) is 0.308. The Morgan fingerprint density at radius 2 is 2.06 bits per heavy atom. The quantitative estimate of drug-likeness (QED) is 0.858. The van der Waals surface area contributed by atoms with Crippen molar-refractivity contribution in [3.8, 4) is 11.4 Å². The second-order valence-electron chi connectivity index (χ2n) is 4.35. The van der Waals surface area contributed by atoms with Crippen LogP contribution in [0.25, 0.3) is 11.4 Å². The molecule has 2 aromatic rings. The summed E-state index contributed by atoms with van der Waals surface area (Å²) in [6.45, 7) is 0. The monoisotopic (exact) mass is 241 g/mol. The van der Waals surface area contributed by atoms with Crippen LogP contribution in [-0.4, -0.2) is 28.0 Å². The van der Waals surface area contributed by atoms with Crippen molar-refractivity contribution in [1.29, 1.82) is 0 Å². The minimum absolute atomic E-state index is 0.536. The number of nitrogens with one attached hydrogen (secondary N) is 2. The third-order valence-corrected chi connectivity index (χ3v) is 2.82. The smallest absolute Gasteiger partial charge is 0.225 e. The van der Waals surface area contributed by atoms with Gasteiger partial charge >= 0.3 is 0 Å². The molecule has 1 aliphatic rings. The van der Waals surface area contributed by atoms with E-state index in [-0.39, 0.29) is 0 Å². The second-order valence-corrected chi connectivity index (χ2v) is 4.35. The van der Waals surface area contributed by atoms with Gasteiger partial charge in [0.2, 0.25) is 5.95 Å². The zero-order valence-electron chi connectivity index (χ0n) is 10.2. The number of hydrogen-bond donors (Lipinski definition) is 2. The Hall–Kier alpha value is -2.17. The Morgan fingerprint density at radius 1 is 1.17 bits per heavy atom. The van der Waals surface area contributed by atoms with Crippen LogP contribution in [0.3, 0.4) is 0 Å². The van der Waals surface area contributed by atoms with Gasteiger partial charge in [-0.3, -0.25) is 4.98 Å². The van der Waals surface area contributed by atoms with Gasteiger partial charge in [-0.25, -0.2) is 4.98 Å². The SMILES string of the molecule is CNc1cc(-c2ccccn2)nc(NC2CC2)n1. The molecule has 0 aromatic carbocycles. The van der Waals surface area contributed by atoms with E-state index in [1.54, 1.807) is 6.20 Å². The molecule has 0 amide bonds. The van der Waals surface area contributed by atoms with Crippen molar-refractivity contribution in [2.75, 3.05) is 17.7 Å². The van der Waals surface area contributed by atoms with Gasteiger partial charge in [0.15, 0.2) is 0 Å². The number of aromatic nitrogens is 3. The van der Waals surface area contributed by atoms with Crippen LogP contribution in [0.4, 0.5) is 11.8 Å². The van der Waals surface area contributed by atoms with Crippen LogP contribution in [0.2, 0.25) is 0 Å². The van der Waals surface area contributed by atoms with Crippen LogP contribution < -0.4 is 10.6 Å². The first kappa shape index (κ1) is 11.0. The van der Waals surface area contributed by atoms with Crippen LogP contribution >= 0.6 is 0 Å². The number of pyridine rings is 1. The molecule has 0 spiro atoms. The Balaban J connectivity index is 1.97. The molecule has 2 heterocycles. The summed E-state index contributed by atoms with van der Waals surface area (Å²) in [5.41, 5.74) is 1.69. The third kappa shape index (κ3) is 2.40. The van der Waals surface area contributed by atoms with Crippen molar-refractivity contribution < 1.29 is 0 Å². The Labute approximate surface area is 106 Å². The van der Waals surface area contributed by atoms with Crippen molar-refractivity contribution in [3.63, 3.8) is 0 Å². The highest BCUT2D eigenvalue weighted by atomic mass is 15.2. The van der Waals surface area contributed by atoms with Gasteiger partial charge < -0.3 is 10.6 Å². The maximum Gasteiger partial charge on any atom is 0.225 e. The van der Waals surface area contributed by atoms with E-state index in [1.807, 2.05) is 31.3 Å². The standard InChI is InChI=1S/C13H15N5/c1-14-12-8-11(10-4-2-3-7-15-10)17-13(18-12)16-9-5-6-9/h2-4,7-9H,5-6H2,1H3,(H2,14,16,17,18). The highest BCUT2D eigenvalue weighted by molar-refractivity contribution is 5.60. The first-order valence-corrected chi connectivity index (χ1v) is 6.10. The largest absolute Gasteiger partial charge is 0.373 e. The van der Waals surface area contributed by atoms with Gasteiger partial charge in [0.05, 0.1) is 11.4 Å². The minimum Gasteiger partial charge on any atom is -0.373 e. The molecule has 0 unspecified atom stereocenters. The fourth-order valence-electron chi connectivity index (χ4n) is 1.70. The summed E-state index contributed by atoms with van der Waals surface area (Å²) >= 11 is 0. The van der Waals surface area contributed by atoms with Gasteiger partial charge in [-0.2, -0.15) is 4.98 Å². The average molecular weight is 241 g/mol. The minimum atomic E-state index is 0.536. The van der Waals surface area contributed by atoms with Crippen molar-refractivity contribution in [3.05, 3.63) is 30.5 Å². The van der Waals surface area contributed by atoms with Crippen LogP contribution in [-0.2, 0) is 0 Å². The molecule has 5 heteroatoms. The summed E-state index contributed by atoms with van der Waals surface area (Å²) in [4.78, 5) is 13.2.